The van der Waals surface area contributed by atoms with Crippen molar-refractivity contribution in [1.82, 2.24) is 5.32 Å². The summed E-state index contributed by atoms with van der Waals surface area (Å²) in [5.41, 5.74) is 1.43. The third kappa shape index (κ3) is 3.23. The normalized spacial score (nSPS) is 16.1. The number of hydrogen-bond acceptors (Lipinski definition) is 4. The van der Waals surface area contributed by atoms with Gasteiger partial charge in [-0.3, -0.25) is 10.1 Å². The smallest absolute Gasteiger partial charge is 0.311 e. The molecule has 1 aromatic carbocycles. The Hall–Kier alpha value is -1.62. The molecule has 0 atom stereocenters. The van der Waals surface area contributed by atoms with Crippen LogP contribution < -0.4 is 10.1 Å². The maximum Gasteiger partial charge on any atom is 0.311 e. The van der Waals surface area contributed by atoms with E-state index in [1.165, 1.54) is 26.4 Å². The number of nitrogens with zero attached hydrogens (tertiary/aromatic N) is 1. The average molecular weight is 264 g/mol. The van der Waals surface area contributed by atoms with E-state index in [4.69, 9.17) is 4.74 Å². The molecule has 0 heterocycles. The van der Waals surface area contributed by atoms with Crippen LogP contribution in [-0.4, -0.2) is 18.6 Å². The molecule has 0 radical (unpaired) electrons. The van der Waals surface area contributed by atoms with Crippen LogP contribution in [0.4, 0.5) is 5.69 Å². The fourth-order valence-corrected chi connectivity index (χ4v) is 2.29. The second-order valence-electron chi connectivity index (χ2n) is 5.22. The monoisotopic (exact) mass is 264 g/mol. The van der Waals surface area contributed by atoms with Crippen molar-refractivity contribution in [2.45, 2.75) is 32.7 Å². The van der Waals surface area contributed by atoms with Gasteiger partial charge in [0.2, 0.25) is 0 Å². The molecule has 1 saturated carbocycles. The van der Waals surface area contributed by atoms with Crippen molar-refractivity contribution in [1.29, 1.82) is 0 Å². The molecule has 0 aromatic heterocycles. The Labute approximate surface area is 113 Å². The van der Waals surface area contributed by atoms with E-state index in [0.717, 1.165) is 12.1 Å². The number of ether oxygens (including phenoxy) is 1. The molecule has 0 unspecified atom stereocenters. The van der Waals surface area contributed by atoms with Crippen LogP contribution in [0, 0.1) is 15.5 Å². The van der Waals surface area contributed by atoms with Gasteiger partial charge in [-0.2, -0.15) is 0 Å². The lowest BCUT2D eigenvalue weighted by molar-refractivity contribution is -0.385. The van der Waals surface area contributed by atoms with E-state index in [-0.39, 0.29) is 5.69 Å². The van der Waals surface area contributed by atoms with Gasteiger partial charge in [-0.25, -0.2) is 0 Å². The van der Waals surface area contributed by atoms with Crippen LogP contribution in [0.15, 0.2) is 18.2 Å². The highest BCUT2D eigenvalue weighted by molar-refractivity contribution is 5.48. The summed E-state index contributed by atoms with van der Waals surface area (Å²) in [4.78, 5) is 10.5. The second kappa shape index (κ2) is 5.57. The van der Waals surface area contributed by atoms with Crippen LogP contribution in [0.5, 0.6) is 5.75 Å². The first-order valence-electron chi connectivity index (χ1n) is 6.62. The number of methoxy groups -OCH3 is 1. The van der Waals surface area contributed by atoms with Crippen LogP contribution in [0.2, 0.25) is 0 Å². The van der Waals surface area contributed by atoms with Gasteiger partial charge in [0, 0.05) is 19.2 Å². The quantitative estimate of drug-likeness (QED) is 0.607. The minimum absolute atomic E-state index is 0.0263. The Morgan fingerprint density at radius 1 is 1.47 bits per heavy atom. The Bertz CT molecular complexity index is 470. The summed E-state index contributed by atoms with van der Waals surface area (Å²) in [6.07, 6.45) is 3.78. The zero-order valence-electron chi connectivity index (χ0n) is 11.4. The van der Waals surface area contributed by atoms with E-state index in [1.54, 1.807) is 12.1 Å². The van der Waals surface area contributed by atoms with Gasteiger partial charge in [0.25, 0.3) is 0 Å². The highest BCUT2D eigenvalue weighted by Gasteiger charge is 2.39. The summed E-state index contributed by atoms with van der Waals surface area (Å²) >= 11 is 0. The summed E-state index contributed by atoms with van der Waals surface area (Å²) < 4.78 is 4.99. The fraction of sp³-hybridized carbons (Fsp3) is 0.571. The summed E-state index contributed by atoms with van der Waals surface area (Å²) in [5, 5.41) is 14.3. The molecule has 1 aromatic rings. The summed E-state index contributed by atoms with van der Waals surface area (Å²) in [7, 11) is 1.44. The molecule has 1 fully saturated rings. The Morgan fingerprint density at radius 3 is 2.74 bits per heavy atom. The van der Waals surface area contributed by atoms with Gasteiger partial charge in [-0.15, -0.1) is 0 Å². The third-order valence-corrected chi connectivity index (χ3v) is 3.98. The van der Waals surface area contributed by atoms with E-state index >= 15 is 0 Å². The number of hydrogen-bond donors (Lipinski definition) is 1. The van der Waals surface area contributed by atoms with Gasteiger partial charge in [-0.05, 0) is 36.3 Å². The van der Waals surface area contributed by atoms with Crippen LogP contribution in [0.3, 0.4) is 0 Å². The zero-order valence-corrected chi connectivity index (χ0v) is 11.4. The van der Waals surface area contributed by atoms with Crippen molar-refractivity contribution in [3.05, 3.63) is 33.9 Å². The molecule has 0 amide bonds. The lowest BCUT2D eigenvalue weighted by Gasteiger charge is -2.13. The van der Waals surface area contributed by atoms with Crippen molar-refractivity contribution < 1.29 is 9.66 Å². The van der Waals surface area contributed by atoms with Crippen molar-refractivity contribution in [2.24, 2.45) is 5.41 Å². The van der Waals surface area contributed by atoms with Gasteiger partial charge < -0.3 is 10.1 Å². The van der Waals surface area contributed by atoms with Crippen LogP contribution in [0.1, 0.15) is 31.7 Å². The van der Waals surface area contributed by atoms with Gasteiger partial charge in [0.15, 0.2) is 5.75 Å². The number of nitro benzene ring substituents is 1. The number of nitrogens with one attached hydrogen (secondary N) is 1. The first kappa shape index (κ1) is 13.8. The Morgan fingerprint density at radius 2 is 2.21 bits per heavy atom. The number of nitro groups is 1. The first-order chi connectivity index (χ1) is 9.10. The van der Waals surface area contributed by atoms with E-state index in [0.29, 0.717) is 17.7 Å². The molecule has 2 rings (SSSR count). The fourth-order valence-electron chi connectivity index (χ4n) is 2.29. The Kier molecular flexibility index (Phi) is 4.04. The van der Waals surface area contributed by atoms with Crippen molar-refractivity contribution in [2.75, 3.05) is 13.7 Å². The van der Waals surface area contributed by atoms with Crippen molar-refractivity contribution >= 4 is 5.69 Å². The van der Waals surface area contributed by atoms with E-state index in [2.05, 4.69) is 12.2 Å². The summed E-state index contributed by atoms with van der Waals surface area (Å²) in [6, 6.07) is 5.10. The predicted molar refractivity (Wildman–Crippen MR) is 73.3 cm³/mol. The molecule has 1 aliphatic carbocycles. The maximum atomic E-state index is 10.9. The van der Waals surface area contributed by atoms with E-state index < -0.39 is 4.92 Å². The SMILES string of the molecule is CCC1(CNCc2ccc(OC)c([N+](=O)[O-])c2)CC1. The van der Waals surface area contributed by atoms with Crippen molar-refractivity contribution in [3.63, 3.8) is 0 Å². The topological polar surface area (TPSA) is 64.4 Å². The zero-order chi connectivity index (χ0) is 13.9. The van der Waals surface area contributed by atoms with Gasteiger partial charge in [-0.1, -0.05) is 13.0 Å². The average Bonchev–Trinajstić information content (AvgIpc) is 3.19. The molecule has 104 valence electrons. The maximum absolute atomic E-state index is 10.9. The molecule has 0 aliphatic heterocycles. The molecular weight excluding hydrogens is 244 g/mol. The van der Waals surface area contributed by atoms with Crippen molar-refractivity contribution in [3.8, 4) is 5.75 Å². The largest absolute Gasteiger partial charge is 0.490 e. The number of rotatable bonds is 7. The molecule has 0 bridgehead atoms. The van der Waals surface area contributed by atoms with Crippen LogP contribution in [0.25, 0.3) is 0 Å². The van der Waals surface area contributed by atoms with Gasteiger partial charge in [0.05, 0.1) is 12.0 Å². The van der Waals surface area contributed by atoms with Gasteiger partial charge in [0.1, 0.15) is 0 Å². The summed E-state index contributed by atoms with van der Waals surface area (Å²) in [6.45, 7) is 3.86. The molecule has 5 heteroatoms. The standard InChI is InChI=1S/C14H20N2O3/c1-3-14(6-7-14)10-15-9-11-4-5-13(19-2)12(8-11)16(17)18/h4-5,8,15H,3,6-7,9-10H2,1-2H3. The predicted octanol–water partition coefficient (Wildman–Crippen LogP) is 2.88. The molecule has 0 saturated heterocycles. The Balaban J connectivity index is 1.97. The summed E-state index contributed by atoms with van der Waals surface area (Å²) in [5.74, 6) is 0.306. The molecular formula is C14H20N2O3. The number of benzene rings is 1. The molecule has 5 nitrogen and oxygen atoms in total. The highest BCUT2D eigenvalue weighted by Crippen LogP contribution is 2.47. The lowest BCUT2D eigenvalue weighted by atomic mass is 10.0. The highest BCUT2D eigenvalue weighted by atomic mass is 16.6. The minimum atomic E-state index is -0.406. The molecule has 1 aliphatic rings. The minimum Gasteiger partial charge on any atom is -0.490 e. The third-order valence-electron chi connectivity index (χ3n) is 3.98. The molecule has 19 heavy (non-hydrogen) atoms. The molecule has 1 N–H and O–H groups in total. The van der Waals surface area contributed by atoms with Gasteiger partial charge >= 0.3 is 5.69 Å². The van der Waals surface area contributed by atoms with Crippen LogP contribution in [-0.2, 0) is 6.54 Å². The first-order valence-corrected chi connectivity index (χ1v) is 6.62. The lowest BCUT2D eigenvalue weighted by Crippen LogP contribution is -2.23. The molecule has 0 spiro atoms. The van der Waals surface area contributed by atoms with E-state index in [9.17, 15) is 10.1 Å². The van der Waals surface area contributed by atoms with E-state index in [1.807, 2.05) is 6.07 Å². The second-order valence-corrected chi connectivity index (χ2v) is 5.22. The van der Waals surface area contributed by atoms with Crippen LogP contribution >= 0.6 is 0 Å².